The minimum atomic E-state index is -0.538. The molecule has 0 fully saturated rings. The summed E-state index contributed by atoms with van der Waals surface area (Å²) in [5.74, 6) is -0.00208. The fourth-order valence-corrected chi connectivity index (χ4v) is 3.55. The predicted octanol–water partition coefficient (Wildman–Crippen LogP) is 4.55. The number of benzene rings is 2. The summed E-state index contributed by atoms with van der Waals surface area (Å²) in [6.45, 7) is 1.54. The highest BCUT2D eigenvalue weighted by Gasteiger charge is 2.25. The van der Waals surface area contributed by atoms with Crippen molar-refractivity contribution in [1.82, 2.24) is 0 Å². The molecule has 1 atom stereocenters. The highest BCUT2D eigenvalue weighted by molar-refractivity contribution is 7.99. The van der Waals surface area contributed by atoms with Crippen LogP contribution in [0.15, 0.2) is 47.4 Å². The number of fused-ring (bicyclic) bond motifs is 2. The Morgan fingerprint density at radius 2 is 1.95 bits per heavy atom. The van der Waals surface area contributed by atoms with Gasteiger partial charge in [-0.15, -0.1) is 11.8 Å². The number of halogens is 1. The van der Waals surface area contributed by atoms with Gasteiger partial charge in [0.2, 0.25) is 0 Å². The van der Waals surface area contributed by atoms with Gasteiger partial charge in [-0.25, -0.2) is 4.39 Å². The van der Waals surface area contributed by atoms with Crippen LogP contribution >= 0.6 is 11.8 Å². The van der Waals surface area contributed by atoms with Gasteiger partial charge in [0.1, 0.15) is 6.67 Å². The summed E-state index contributed by atoms with van der Waals surface area (Å²) in [5, 5.41) is 0.191. The van der Waals surface area contributed by atoms with Crippen molar-refractivity contribution in [2.75, 3.05) is 0 Å². The number of hydrogen-bond donors (Lipinski definition) is 0. The van der Waals surface area contributed by atoms with E-state index in [4.69, 9.17) is 0 Å². The van der Waals surface area contributed by atoms with E-state index in [1.54, 1.807) is 23.9 Å². The Bertz CT molecular complexity index is 651. The van der Waals surface area contributed by atoms with Crippen LogP contribution in [0.1, 0.15) is 39.2 Å². The number of thioether (sulfide) groups is 1. The molecule has 3 heteroatoms. The van der Waals surface area contributed by atoms with Crippen molar-refractivity contribution in [2.45, 2.75) is 23.7 Å². The van der Waals surface area contributed by atoms with Gasteiger partial charge in [-0.1, -0.05) is 24.3 Å². The molecular formula is C16H13FOS. The van der Waals surface area contributed by atoms with Gasteiger partial charge >= 0.3 is 0 Å². The Morgan fingerprint density at radius 3 is 2.74 bits per heavy atom. The Labute approximate surface area is 115 Å². The molecule has 19 heavy (non-hydrogen) atoms. The predicted molar refractivity (Wildman–Crippen MR) is 75.4 cm³/mol. The van der Waals surface area contributed by atoms with Gasteiger partial charge in [0.25, 0.3) is 0 Å². The molecule has 0 saturated carbocycles. The van der Waals surface area contributed by atoms with Gasteiger partial charge < -0.3 is 0 Å². The summed E-state index contributed by atoms with van der Waals surface area (Å²) in [4.78, 5) is 13.6. The lowest BCUT2D eigenvalue weighted by Gasteiger charge is -2.11. The molecule has 1 aliphatic rings. The van der Waals surface area contributed by atoms with Crippen molar-refractivity contribution < 1.29 is 9.18 Å². The third-order valence-electron chi connectivity index (χ3n) is 3.39. The molecule has 0 saturated heterocycles. The molecule has 0 radical (unpaired) electrons. The molecule has 0 aromatic heterocycles. The molecule has 0 spiro atoms. The first-order chi connectivity index (χ1) is 9.20. The Hall–Kier alpha value is -1.61. The smallest absolute Gasteiger partial charge is 0.194 e. The van der Waals surface area contributed by atoms with E-state index in [1.807, 2.05) is 30.3 Å². The summed E-state index contributed by atoms with van der Waals surface area (Å²) in [6.07, 6.45) is 0. The lowest BCUT2D eigenvalue weighted by Crippen LogP contribution is -2.05. The topological polar surface area (TPSA) is 17.1 Å². The van der Waals surface area contributed by atoms with Gasteiger partial charge in [0.15, 0.2) is 5.78 Å². The quantitative estimate of drug-likeness (QED) is 0.757. The fourth-order valence-electron chi connectivity index (χ4n) is 2.39. The van der Waals surface area contributed by atoms with Crippen LogP contribution in [0.3, 0.4) is 0 Å². The van der Waals surface area contributed by atoms with Gasteiger partial charge in [-0.05, 0) is 36.2 Å². The normalized spacial score (nSPS) is 17.6. The van der Waals surface area contributed by atoms with E-state index < -0.39 is 6.67 Å². The molecule has 0 N–H and O–H groups in total. The van der Waals surface area contributed by atoms with Crippen LogP contribution in [-0.2, 0) is 6.67 Å². The minimum Gasteiger partial charge on any atom is -0.289 e. The van der Waals surface area contributed by atoms with E-state index in [9.17, 15) is 9.18 Å². The zero-order chi connectivity index (χ0) is 13.4. The molecule has 1 nitrogen and oxygen atoms in total. The average molecular weight is 272 g/mol. The summed E-state index contributed by atoms with van der Waals surface area (Å²) >= 11 is 1.68. The molecule has 0 aliphatic carbocycles. The first-order valence-corrected chi connectivity index (χ1v) is 7.08. The van der Waals surface area contributed by atoms with Gasteiger partial charge in [0.05, 0.1) is 0 Å². The lowest BCUT2D eigenvalue weighted by molar-refractivity contribution is 0.103. The second-order valence-electron chi connectivity index (χ2n) is 4.64. The van der Waals surface area contributed by atoms with Crippen molar-refractivity contribution in [1.29, 1.82) is 0 Å². The summed E-state index contributed by atoms with van der Waals surface area (Å²) in [6, 6.07) is 13.0. The van der Waals surface area contributed by atoms with Crippen molar-refractivity contribution >= 4 is 17.5 Å². The minimum absolute atomic E-state index is 0.00208. The molecule has 1 heterocycles. The van der Waals surface area contributed by atoms with Gasteiger partial charge in [-0.3, -0.25) is 4.79 Å². The second-order valence-corrected chi connectivity index (χ2v) is 6.02. The molecule has 3 rings (SSSR count). The van der Waals surface area contributed by atoms with E-state index in [0.29, 0.717) is 16.7 Å². The van der Waals surface area contributed by atoms with Crippen LogP contribution in [0.5, 0.6) is 0 Å². The third kappa shape index (κ3) is 2.08. The summed E-state index contributed by atoms with van der Waals surface area (Å²) < 4.78 is 12.8. The highest BCUT2D eigenvalue weighted by atomic mass is 32.2. The molecule has 0 amide bonds. The van der Waals surface area contributed by atoms with Gasteiger partial charge in [-0.2, -0.15) is 0 Å². The zero-order valence-electron chi connectivity index (χ0n) is 10.5. The van der Waals surface area contributed by atoms with Crippen molar-refractivity contribution in [3.63, 3.8) is 0 Å². The fraction of sp³-hybridized carbons (Fsp3) is 0.188. The number of hydrogen-bond acceptors (Lipinski definition) is 2. The van der Waals surface area contributed by atoms with Gasteiger partial charge in [0, 0.05) is 21.3 Å². The number of carbonyl (C=O) groups is 1. The molecule has 2 aromatic carbocycles. The first-order valence-electron chi connectivity index (χ1n) is 6.20. The number of alkyl halides is 1. The molecule has 0 bridgehead atoms. The van der Waals surface area contributed by atoms with Crippen molar-refractivity contribution in [3.05, 3.63) is 64.7 Å². The Balaban J connectivity index is 2.22. The van der Waals surface area contributed by atoms with Crippen molar-refractivity contribution in [3.8, 4) is 0 Å². The highest BCUT2D eigenvalue weighted by Crippen LogP contribution is 2.42. The van der Waals surface area contributed by atoms with E-state index in [1.165, 1.54) is 0 Å². The average Bonchev–Trinajstić information content (AvgIpc) is 2.55. The number of rotatable bonds is 1. The number of carbonyl (C=O) groups excluding carboxylic acids is 1. The maximum absolute atomic E-state index is 12.8. The maximum atomic E-state index is 12.8. The zero-order valence-corrected chi connectivity index (χ0v) is 11.3. The van der Waals surface area contributed by atoms with E-state index in [0.717, 1.165) is 10.5 Å². The van der Waals surface area contributed by atoms with Crippen LogP contribution in [0.2, 0.25) is 0 Å². The third-order valence-corrected chi connectivity index (χ3v) is 4.61. The van der Waals surface area contributed by atoms with Crippen LogP contribution in [0, 0.1) is 0 Å². The van der Waals surface area contributed by atoms with E-state index in [-0.39, 0.29) is 11.0 Å². The second kappa shape index (κ2) is 4.82. The van der Waals surface area contributed by atoms with Crippen LogP contribution in [0.4, 0.5) is 4.39 Å². The summed E-state index contributed by atoms with van der Waals surface area (Å²) in [5.41, 5.74) is 2.90. The Morgan fingerprint density at radius 1 is 1.16 bits per heavy atom. The largest absolute Gasteiger partial charge is 0.289 e. The molecule has 96 valence electrons. The monoisotopic (exact) mass is 272 g/mol. The Kier molecular flexibility index (Phi) is 3.15. The standard InChI is InChI=1S/C16H13FOS/c1-10-12-7-6-11(9-17)8-14(12)16(18)13-4-2-3-5-15(13)19-10/h2-8,10H,9H2,1H3. The molecule has 1 unspecified atom stereocenters. The maximum Gasteiger partial charge on any atom is 0.194 e. The molecule has 2 aromatic rings. The lowest BCUT2D eigenvalue weighted by atomic mass is 9.95. The number of ketones is 1. The SMILES string of the molecule is CC1Sc2ccccc2C(=O)c2cc(CF)ccc21. The van der Waals surface area contributed by atoms with Crippen LogP contribution in [0.25, 0.3) is 0 Å². The van der Waals surface area contributed by atoms with Crippen LogP contribution in [-0.4, -0.2) is 5.78 Å². The van der Waals surface area contributed by atoms with Crippen LogP contribution < -0.4 is 0 Å². The van der Waals surface area contributed by atoms with Crippen molar-refractivity contribution in [2.24, 2.45) is 0 Å². The molecular weight excluding hydrogens is 259 g/mol. The first kappa shape index (κ1) is 12.4. The van der Waals surface area contributed by atoms with E-state index >= 15 is 0 Å². The summed E-state index contributed by atoms with van der Waals surface area (Å²) in [7, 11) is 0. The van der Waals surface area contributed by atoms with E-state index in [2.05, 4.69) is 6.92 Å². The molecule has 1 aliphatic heterocycles.